The summed E-state index contributed by atoms with van der Waals surface area (Å²) in [4.78, 5) is 3.97. The standard InChI is InChI=1S/C26H37NO3S/c1-25(2,11-7-5-6-8-12-27-17-31)19-14-22(29)24-20-13-18(16-28)9-10-21(20)26(3,4)30-23(24)15-19/h9,14-15,20-21,28-29H,5-8,10-13,16H2,1-4H3. The third kappa shape index (κ3) is 5.39. The predicted octanol–water partition coefficient (Wildman–Crippen LogP) is 6.31. The lowest BCUT2D eigenvalue weighted by molar-refractivity contribution is 0.00662. The maximum Gasteiger partial charge on any atom is 0.127 e. The van der Waals surface area contributed by atoms with E-state index >= 15 is 0 Å². The normalized spacial score (nSPS) is 21.9. The maximum absolute atomic E-state index is 11.1. The lowest BCUT2D eigenvalue weighted by Gasteiger charge is -2.47. The van der Waals surface area contributed by atoms with E-state index in [0.717, 1.165) is 73.9 Å². The van der Waals surface area contributed by atoms with Gasteiger partial charge in [-0.15, -0.1) is 0 Å². The number of benzene rings is 1. The SMILES string of the molecule is CC(C)(CCCCCCN=C=S)c1cc(O)c2c(c1)OC(C)(C)C1CC=C(CO)CC21. The largest absolute Gasteiger partial charge is 0.508 e. The van der Waals surface area contributed by atoms with Crippen LogP contribution in [-0.4, -0.2) is 34.1 Å². The number of hydrogen-bond acceptors (Lipinski definition) is 5. The Morgan fingerprint density at radius 2 is 1.97 bits per heavy atom. The van der Waals surface area contributed by atoms with E-state index < -0.39 is 0 Å². The average molecular weight is 444 g/mol. The number of hydrogen-bond donors (Lipinski definition) is 2. The van der Waals surface area contributed by atoms with Gasteiger partial charge >= 0.3 is 0 Å². The van der Waals surface area contributed by atoms with Crippen molar-refractivity contribution >= 4 is 17.4 Å². The second-order valence-corrected chi connectivity index (χ2v) is 10.5. The number of phenols is 1. The summed E-state index contributed by atoms with van der Waals surface area (Å²) in [6.45, 7) is 9.64. The Balaban J connectivity index is 1.77. The number of allylic oxidation sites excluding steroid dienone is 1. The van der Waals surface area contributed by atoms with Gasteiger partial charge in [0.2, 0.25) is 0 Å². The predicted molar refractivity (Wildman–Crippen MR) is 129 cm³/mol. The van der Waals surface area contributed by atoms with Crippen molar-refractivity contribution < 1.29 is 14.9 Å². The summed E-state index contributed by atoms with van der Waals surface area (Å²) in [5, 5.41) is 23.2. The Bertz CT molecular complexity index is 868. The molecule has 2 N–H and O–H groups in total. The molecule has 0 fully saturated rings. The summed E-state index contributed by atoms with van der Waals surface area (Å²) in [7, 11) is 0. The molecule has 1 aliphatic carbocycles. The first kappa shape index (κ1) is 24.0. The third-order valence-corrected chi connectivity index (χ3v) is 7.39. The summed E-state index contributed by atoms with van der Waals surface area (Å²) in [5.74, 6) is 1.62. The summed E-state index contributed by atoms with van der Waals surface area (Å²) in [5.41, 5.74) is 2.74. The zero-order valence-corrected chi connectivity index (χ0v) is 20.2. The van der Waals surface area contributed by atoms with E-state index in [-0.39, 0.29) is 23.5 Å². The first-order valence-corrected chi connectivity index (χ1v) is 12.0. The number of thiocarbonyl (C=S) groups is 1. The molecule has 1 aromatic carbocycles. The average Bonchev–Trinajstić information content (AvgIpc) is 2.71. The van der Waals surface area contributed by atoms with Crippen molar-refractivity contribution in [2.24, 2.45) is 10.9 Å². The van der Waals surface area contributed by atoms with Gasteiger partial charge in [-0.3, -0.25) is 0 Å². The highest BCUT2D eigenvalue weighted by molar-refractivity contribution is 7.78. The number of aliphatic imine (C=N–C) groups is 1. The monoisotopic (exact) mass is 443 g/mol. The summed E-state index contributed by atoms with van der Waals surface area (Å²) < 4.78 is 6.48. The van der Waals surface area contributed by atoms with Crippen LogP contribution >= 0.6 is 12.2 Å². The van der Waals surface area contributed by atoms with Crippen LogP contribution in [0.25, 0.3) is 0 Å². The van der Waals surface area contributed by atoms with Gasteiger partial charge in [-0.25, -0.2) is 4.99 Å². The van der Waals surface area contributed by atoms with E-state index in [1.807, 2.05) is 6.07 Å². The van der Waals surface area contributed by atoms with Crippen molar-refractivity contribution in [3.05, 3.63) is 34.9 Å². The first-order valence-electron chi connectivity index (χ1n) is 11.6. The zero-order valence-electron chi connectivity index (χ0n) is 19.4. The summed E-state index contributed by atoms with van der Waals surface area (Å²) in [6, 6.07) is 4.10. The fraction of sp³-hybridized carbons (Fsp3) is 0.654. The number of aliphatic hydroxyl groups is 1. The van der Waals surface area contributed by atoms with Crippen molar-refractivity contribution in [2.45, 2.75) is 89.6 Å². The number of rotatable bonds is 9. The van der Waals surface area contributed by atoms with Crippen LogP contribution in [0.4, 0.5) is 0 Å². The molecule has 0 radical (unpaired) electrons. The van der Waals surface area contributed by atoms with Crippen molar-refractivity contribution in [2.75, 3.05) is 13.2 Å². The molecule has 0 saturated carbocycles. The molecule has 2 aliphatic rings. The highest BCUT2D eigenvalue weighted by Crippen LogP contribution is 2.54. The highest BCUT2D eigenvalue weighted by atomic mass is 32.1. The third-order valence-electron chi connectivity index (χ3n) is 7.26. The number of aromatic hydroxyl groups is 1. The van der Waals surface area contributed by atoms with Gasteiger partial charge in [-0.1, -0.05) is 39.2 Å². The molecule has 1 heterocycles. The van der Waals surface area contributed by atoms with Crippen molar-refractivity contribution in [1.29, 1.82) is 0 Å². The van der Waals surface area contributed by atoms with Crippen molar-refractivity contribution in [1.82, 2.24) is 0 Å². The maximum atomic E-state index is 11.1. The number of nitrogens with zero attached hydrogens (tertiary/aromatic N) is 1. The van der Waals surface area contributed by atoms with Gasteiger partial charge in [0.25, 0.3) is 0 Å². The van der Waals surface area contributed by atoms with E-state index in [1.165, 1.54) is 0 Å². The molecule has 0 saturated heterocycles. The number of ether oxygens (including phenoxy) is 1. The summed E-state index contributed by atoms with van der Waals surface area (Å²) in [6.07, 6.45) is 9.35. The number of phenolic OH excluding ortho intramolecular Hbond substituents is 1. The lowest BCUT2D eigenvalue weighted by atomic mass is 9.66. The second kappa shape index (κ2) is 9.85. The van der Waals surface area contributed by atoms with Crippen LogP contribution in [0.1, 0.15) is 89.7 Å². The molecule has 2 atom stereocenters. The Labute approximate surface area is 192 Å². The van der Waals surface area contributed by atoms with Crippen LogP contribution in [-0.2, 0) is 5.41 Å². The minimum atomic E-state index is -0.310. The second-order valence-electron chi connectivity index (χ2n) is 10.3. The fourth-order valence-electron chi connectivity index (χ4n) is 5.29. The van der Waals surface area contributed by atoms with Gasteiger partial charge in [-0.05, 0) is 80.4 Å². The number of aliphatic hydroxyl groups excluding tert-OH is 1. The topological polar surface area (TPSA) is 62.1 Å². The van der Waals surface area contributed by atoms with E-state index in [1.54, 1.807) is 0 Å². The van der Waals surface area contributed by atoms with E-state index in [2.05, 4.69) is 62.2 Å². The molecular formula is C26H37NO3S. The molecular weight excluding hydrogens is 406 g/mol. The molecule has 170 valence electrons. The Morgan fingerprint density at radius 1 is 1.23 bits per heavy atom. The summed E-state index contributed by atoms with van der Waals surface area (Å²) >= 11 is 4.61. The smallest absolute Gasteiger partial charge is 0.127 e. The van der Waals surface area contributed by atoms with Gasteiger partial charge in [0.15, 0.2) is 0 Å². The number of unbranched alkanes of at least 4 members (excludes halogenated alkanes) is 3. The van der Waals surface area contributed by atoms with Crippen LogP contribution in [0.3, 0.4) is 0 Å². The van der Waals surface area contributed by atoms with E-state index in [9.17, 15) is 10.2 Å². The molecule has 5 heteroatoms. The highest BCUT2D eigenvalue weighted by Gasteiger charge is 2.46. The molecule has 31 heavy (non-hydrogen) atoms. The van der Waals surface area contributed by atoms with Crippen LogP contribution in [0.5, 0.6) is 11.5 Å². The van der Waals surface area contributed by atoms with Crippen LogP contribution in [0.2, 0.25) is 0 Å². The van der Waals surface area contributed by atoms with Gasteiger partial charge in [0.1, 0.15) is 17.1 Å². The van der Waals surface area contributed by atoms with Crippen LogP contribution < -0.4 is 4.74 Å². The molecule has 0 spiro atoms. The minimum Gasteiger partial charge on any atom is -0.508 e. The molecule has 4 nitrogen and oxygen atoms in total. The Hall–Kier alpha value is -1.68. The number of fused-ring (bicyclic) bond motifs is 3. The molecule has 0 aromatic heterocycles. The van der Waals surface area contributed by atoms with Gasteiger partial charge < -0.3 is 14.9 Å². The molecule has 2 unspecified atom stereocenters. The molecule has 0 amide bonds. The van der Waals surface area contributed by atoms with Gasteiger partial charge in [0.05, 0.1) is 11.8 Å². The molecule has 1 aromatic rings. The zero-order chi connectivity index (χ0) is 22.6. The Morgan fingerprint density at radius 3 is 2.68 bits per heavy atom. The molecule has 3 rings (SSSR count). The Kier molecular flexibility index (Phi) is 7.62. The van der Waals surface area contributed by atoms with Crippen molar-refractivity contribution in [3.8, 4) is 11.5 Å². The quantitative estimate of drug-likeness (QED) is 0.203. The number of isothiocyanates is 1. The van der Waals surface area contributed by atoms with Gasteiger partial charge in [-0.2, -0.15) is 0 Å². The van der Waals surface area contributed by atoms with Crippen LogP contribution in [0, 0.1) is 5.92 Å². The van der Waals surface area contributed by atoms with Crippen molar-refractivity contribution in [3.63, 3.8) is 0 Å². The van der Waals surface area contributed by atoms with E-state index in [0.29, 0.717) is 11.7 Å². The molecule has 1 aliphatic heterocycles. The first-order chi connectivity index (χ1) is 14.7. The van der Waals surface area contributed by atoms with Gasteiger partial charge in [0, 0.05) is 23.9 Å². The fourth-order valence-corrected chi connectivity index (χ4v) is 5.38. The lowest BCUT2D eigenvalue weighted by Crippen LogP contribution is -2.45. The van der Waals surface area contributed by atoms with E-state index in [4.69, 9.17) is 4.74 Å². The van der Waals surface area contributed by atoms with Crippen LogP contribution in [0.15, 0.2) is 28.8 Å². The molecule has 0 bridgehead atoms. The minimum absolute atomic E-state index is 0.0495.